The molecule has 0 spiro atoms. The van der Waals surface area contributed by atoms with Gasteiger partial charge in [0.25, 0.3) is 0 Å². The van der Waals surface area contributed by atoms with Crippen LogP contribution < -0.4 is 0 Å². The molecule has 24 heavy (non-hydrogen) atoms. The van der Waals surface area contributed by atoms with Gasteiger partial charge in [0.05, 0.1) is 6.10 Å². The average Bonchev–Trinajstić information content (AvgIpc) is 2.88. The van der Waals surface area contributed by atoms with Crippen LogP contribution in [0, 0.1) is 11.8 Å². The summed E-state index contributed by atoms with van der Waals surface area (Å²) in [5, 5.41) is 28.6. The van der Waals surface area contributed by atoms with E-state index in [1.807, 2.05) is 19.1 Å². The molecule has 0 saturated heterocycles. The first-order valence-corrected chi connectivity index (χ1v) is 8.11. The number of carbonyl (C=O) groups is 3. The first-order chi connectivity index (χ1) is 11.3. The first-order valence-electron chi connectivity index (χ1n) is 8.11. The molecule has 1 aliphatic carbocycles. The fraction of sp³-hybridized carbons (Fsp3) is 0.706. The lowest BCUT2D eigenvalue weighted by atomic mass is 9.90. The number of ether oxygens (including phenoxy) is 1. The molecule has 7 nitrogen and oxygen atoms in total. The van der Waals surface area contributed by atoms with Gasteiger partial charge in [0.15, 0.2) is 12.4 Å². The maximum atomic E-state index is 12.0. The minimum atomic E-state index is -1.71. The highest BCUT2D eigenvalue weighted by atomic mass is 16.6. The molecule has 6 atom stereocenters. The highest BCUT2D eigenvalue weighted by Gasteiger charge is 2.36. The number of rotatable bonds is 9. The van der Waals surface area contributed by atoms with Crippen molar-refractivity contribution >= 4 is 18.0 Å². The lowest BCUT2D eigenvalue weighted by Crippen LogP contribution is -2.46. The number of aliphatic hydroxyl groups is 3. The van der Waals surface area contributed by atoms with Gasteiger partial charge in [0, 0.05) is 19.3 Å². The van der Waals surface area contributed by atoms with Gasteiger partial charge in [-0.25, -0.2) is 0 Å². The Hall–Kier alpha value is -1.57. The van der Waals surface area contributed by atoms with E-state index in [2.05, 4.69) is 0 Å². The molecule has 1 saturated carbocycles. The molecule has 0 amide bonds. The summed E-state index contributed by atoms with van der Waals surface area (Å²) in [6, 6.07) is 0. The summed E-state index contributed by atoms with van der Waals surface area (Å²) in [6.45, 7) is 3.12. The van der Waals surface area contributed by atoms with Crippen molar-refractivity contribution in [3.8, 4) is 0 Å². The molecule has 0 aromatic heterocycles. The summed E-state index contributed by atoms with van der Waals surface area (Å²) in [7, 11) is 0. The fourth-order valence-electron chi connectivity index (χ4n) is 2.90. The van der Waals surface area contributed by atoms with Crippen LogP contribution in [0.5, 0.6) is 0 Å². The van der Waals surface area contributed by atoms with Crippen molar-refractivity contribution in [1.82, 2.24) is 0 Å². The Bertz CT molecular complexity index is 472. The van der Waals surface area contributed by atoms with Gasteiger partial charge in [-0.3, -0.25) is 14.4 Å². The SMILES string of the molecule is C/C=C\CC1CC(=O)CC1CC(=O)O[C@H](C=O)[C@@H](O)[C@H](O)[C@@H](C)O. The van der Waals surface area contributed by atoms with E-state index < -0.39 is 30.4 Å². The number of hydrogen-bond acceptors (Lipinski definition) is 7. The fourth-order valence-corrected chi connectivity index (χ4v) is 2.90. The van der Waals surface area contributed by atoms with Crippen LogP contribution in [0.1, 0.15) is 39.5 Å². The number of aldehydes is 1. The zero-order valence-corrected chi connectivity index (χ0v) is 14.0. The third-order valence-electron chi connectivity index (χ3n) is 4.33. The Morgan fingerprint density at radius 2 is 1.88 bits per heavy atom. The molecule has 0 aromatic rings. The van der Waals surface area contributed by atoms with Gasteiger partial charge in [-0.05, 0) is 32.1 Å². The van der Waals surface area contributed by atoms with Crippen molar-refractivity contribution in [1.29, 1.82) is 0 Å². The molecule has 1 rings (SSSR count). The maximum absolute atomic E-state index is 12.0. The van der Waals surface area contributed by atoms with Crippen molar-refractivity contribution < 1.29 is 34.4 Å². The number of esters is 1. The minimum absolute atomic E-state index is 0.0319. The lowest BCUT2D eigenvalue weighted by Gasteiger charge is -2.25. The second-order valence-electron chi connectivity index (χ2n) is 6.29. The van der Waals surface area contributed by atoms with E-state index in [0.29, 0.717) is 19.3 Å². The summed E-state index contributed by atoms with van der Waals surface area (Å²) >= 11 is 0. The number of allylic oxidation sites excluding steroid dienone is 2. The van der Waals surface area contributed by atoms with E-state index in [4.69, 9.17) is 4.74 Å². The van der Waals surface area contributed by atoms with Crippen LogP contribution in [0.15, 0.2) is 12.2 Å². The standard InChI is InChI=1S/C17H26O7/c1-3-4-5-11-6-13(20)7-12(11)8-15(21)24-14(9-18)17(23)16(22)10(2)19/h3-4,9-12,14,16-17,19,22-23H,5-8H2,1-2H3/b4-3-/t10-,11?,12?,14-,16-,17-/m1/s1. The second-order valence-corrected chi connectivity index (χ2v) is 6.29. The molecular formula is C17H26O7. The van der Waals surface area contributed by atoms with Crippen LogP contribution in [0.4, 0.5) is 0 Å². The Balaban J connectivity index is 2.62. The normalized spacial score (nSPS) is 26.1. The molecule has 0 bridgehead atoms. The molecule has 1 aliphatic rings. The molecule has 1 fully saturated rings. The molecule has 0 heterocycles. The topological polar surface area (TPSA) is 121 Å². The monoisotopic (exact) mass is 342 g/mol. The van der Waals surface area contributed by atoms with Crippen LogP contribution in [0.2, 0.25) is 0 Å². The van der Waals surface area contributed by atoms with Gasteiger partial charge in [-0.1, -0.05) is 12.2 Å². The summed E-state index contributed by atoms with van der Waals surface area (Å²) in [5.41, 5.74) is 0. The average molecular weight is 342 g/mol. The first kappa shape index (κ1) is 20.5. The number of ketones is 1. The predicted octanol–water partition coefficient (Wildman–Crippen LogP) is 0.151. The van der Waals surface area contributed by atoms with Gasteiger partial charge >= 0.3 is 5.97 Å². The van der Waals surface area contributed by atoms with E-state index >= 15 is 0 Å². The van der Waals surface area contributed by atoms with Gasteiger partial charge in [-0.15, -0.1) is 0 Å². The van der Waals surface area contributed by atoms with Crippen LogP contribution in [0.3, 0.4) is 0 Å². The lowest BCUT2D eigenvalue weighted by molar-refractivity contribution is -0.167. The molecule has 2 unspecified atom stereocenters. The van der Waals surface area contributed by atoms with E-state index in [9.17, 15) is 29.7 Å². The van der Waals surface area contributed by atoms with Gasteiger partial charge in [0.2, 0.25) is 0 Å². The summed E-state index contributed by atoms with van der Waals surface area (Å²) in [5.74, 6) is -0.718. The van der Waals surface area contributed by atoms with Crippen LogP contribution in [0.25, 0.3) is 0 Å². The number of aliphatic hydroxyl groups excluding tert-OH is 3. The van der Waals surface area contributed by atoms with Gasteiger partial charge < -0.3 is 20.1 Å². The molecule has 0 aliphatic heterocycles. The maximum Gasteiger partial charge on any atom is 0.306 e. The largest absolute Gasteiger partial charge is 0.452 e. The minimum Gasteiger partial charge on any atom is -0.452 e. The van der Waals surface area contributed by atoms with Crippen molar-refractivity contribution in [2.75, 3.05) is 0 Å². The molecule has 0 radical (unpaired) electrons. The smallest absolute Gasteiger partial charge is 0.306 e. The number of Topliss-reactive ketones (excluding diaryl/α,β-unsaturated/α-hetero) is 1. The van der Waals surface area contributed by atoms with Gasteiger partial charge in [-0.2, -0.15) is 0 Å². The number of hydrogen-bond donors (Lipinski definition) is 3. The Morgan fingerprint density at radius 3 is 2.42 bits per heavy atom. The van der Waals surface area contributed by atoms with Crippen molar-refractivity contribution in [3.63, 3.8) is 0 Å². The molecule has 136 valence electrons. The molecule has 7 heteroatoms. The third-order valence-corrected chi connectivity index (χ3v) is 4.33. The summed E-state index contributed by atoms with van der Waals surface area (Å²) in [4.78, 5) is 34.7. The second kappa shape index (κ2) is 9.66. The molecule has 3 N–H and O–H groups in total. The van der Waals surface area contributed by atoms with Crippen molar-refractivity contribution in [2.45, 2.75) is 63.9 Å². The van der Waals surface area contributed by atoms with Crippen molar-refractivity contribution in [3.05, 3.63) is 12.2 Å². The van der Waals surface area contributed by atoms with E-state index in [-0.39, 0.29) is 30.3 Å². The molecule has 0 aromatic carbocycles. The van der Waals surface area contributed by atoms with Crippen molar-refractivity contribution in [2.24, 2.45) is 11.8 Å². The van der Waals surface area contributed by atoms with E-state index in [1.54, 1.807) is 0 Å². The quantitative estimate of drug-likeness (QED) is 0.310. The Labute approximate surface area is 141 Å². The zero-order valence-electron chi connectivity index (χ0n) is 14.0. The van der Waals surface area contributed by atoms with Crippen LogP contribution in [-0.2, 0) is 19.1 Å². The zero-order chi connectivity index (χ0) is 18.3. The Kier molecular flexibility index (Phi) is 8.24. The third kappa shape index (κ3) is 5.81. The van der Waals surface area contributed by atoms with E-state index in [0.717, 1.165) is 0 Å². The number of carbonyl (C=O) groups excluding carboxylic acids is 3. The predicted molar refractivity (Wildman–Crippen MR) is 84.9 cm³/mol. The van der Waals surface area contributed by atoms with E-state index in [1.165, 1.54) is 6.92 Å². The van der Waals surface area contributed by atoms with Crippen LogP contribution in [-0.4, -0.2) is 57.8 Å². The highest BCUT2D eigenvalue weighted by Crippen LogP contribution is 2.34. The molecular weight excluding hydrogens is 316 g/mol. The van der Waals surface area contributed by atoms with Gasteiger partial charge in [0.1, 0.15) is 18.0 Å². The van der Waals surface area contributed by atoms with Crippen LogP contribution >= 0.6 is 0 Å². The summed E-state index contributed by atoms with van der Waals surface area (Å²) in [6.07, 6.45) is -0.745. The highest BCUT2D eigenvalue weighted by molar-refractivity contribution is 5.82. The Morgan fingerprint density at radius 1 is 1.25 bits per heavy atom. The summed E-state index contributed by atoms with van der Waals surface area (Å²) < 4.78 is 4.93.